The Morgan fingerprint density at radius 1 is 1.09 bits per heavy atom. The highest BCUT2D eigenvalue weighted by atomic mass is 32.1. The maximum Gasteiger partial charge on any atom is 0.220 e. The predicted octanol–water partition coefficient (Wildman–Crippen LogP) is 4.69. The first-order valence-electron chi connectivity index (χ1n) is 13.3. The quantitative estimate of drug-likeness (QED) is 0.589. The minimum atomic E-state index is 0.260. The Morgan fingerprint density at radius 2 is 1.88 bits per heavy atom. The summed E-state index contributed by atoms with van der Waals surface area (Å²) in [4.78, 5) is 22.3. The van der Waals surface area contributed by atoms with Crippen LogP contribution in [0.15, 0.2) is 23.7 Å². The summed E-state index contributed by atoms with van der Waals surface area (Å²) in [5, 5.41) is 6.81. The van der Waals surface area contributed by atoms with Crippen LogP contribution in [-0.2, 0) is 9.53 Å². The summed E-state index contributed by atoms with van der Waals surface area (Å²) in [6, 6.07) is 4.69. The lowest BCUT2D eigenvalue weighted by Crippen LogP contribution is -2.47. The lowest BCUT2D eigenvalue weighted by Gasteiger charge is -2.37. The predicted molar refractivity (Wildman–Crippen MR) is 140 cm³/mol. The Morgan fingerprint density at radius 3 is 2.65 bits per heavy atom. The van der Waals surface area contributed by atoms with E-state index in [1.165, 1.54) is 41.7 Å². The van der Waals surface area contributed by atoms with Gasteiger partial charge in [-0.15, -0.1) is 11.3 Å². The molecule has 1 N–H and O–H groups in total. The van der Waals surface area contributed by atoms with E-state index in [1.54, 1.807) is 18.4 Å². The molecule has 2 aromatic heterocycles. The number of piperazine rings is 1. The molecule has 186 valence electrons. The van der Waals surface area contributed by atoms with Crippen LogP contribution < -0.4 is 10.2 Å². The number of aromatic nitrogens is 1. The maximum absolute atomic E-state index is 12.5. The lowest BCUT2D eigenvalue weighted by atomic mass is 9.84. The summed E-state index contributed by atoms with van der Waals surface area (Å²) in [7, 11) is 1.79. The molecule has 7 heteroatoms. The van der Waals surface area contributed by atoms with Crippen LogP contribution in [0.3, 0.4) is 0 Å². The van der Waals surface area contributed by atoms with Crippen LogP contribution in [0.5, 0.6) is 0 Å². The zero-order valence-electron chi connectivity index (χ0n) is 20.6. The molecule has 3 fully saturated rings. The fraction of sp³-hybridized carbons (Fsp3) is 0.704. The third kappa shape index (κ3) is 5.92. The Balaban J connectivity index is 0.981. The minimum Gasteiger partial charge on any atom is -0.381 e. The van der Waals surface area contributed by atoms with Gasteiger partial charge >= 0.3 is 0 Å². The Bertz CT molecular complexity index is 934. The van der Waals surface area contributed by atoms with E-state index in [9.17, 15) is 4.79 Å². The van der Waals surface area contributed by atoms with Gasteiger partial charge in [0.2, 0.25) is 5.91 Å². The van der Waals surface area contributed by atoms with E-state index in [1.807, 2.05) is 6.20 Å². The number of fused-ring (bicyclic) bond motifs is 1. The largest absolute Gasteiger partial charge is 0.381 e. The van der Waals surface area contributed by atoms with Crippen molar-refractivity contribution in [1.29, 1.82) is 0 Å². The van der Waals surface area contributed by atoms with E-state index >= 15 is 0 Å². The third-order valence-corrected chi connectivity index (χ3v) is 9.31. The second-order valence-electron chi connectivity index (χ2n) is 10.6. The van der Waals surface area contributed by atoms with E-state index in [0.29, 0.717) is 24.5 Å². The number of hydrogen-bond acceptors (Lipinski definition) is 6. The van der Waals surface area contributed by atoms with E-state index in [2.05, 4.69) is 32.6 Å². The van der Waals surface area contributed by atoms with E-state index in [0.717, 1.165) is 64.2 Å². The third-order valence-electron chi connectivity index (χ3n) is 8.39. The first-order valence-corrected chi connectivity index (χ1v) is 14.2. The molecule has 3 aliphatic rings. The minimum absolute atomic E-state index is 0.260. The van der Waals surface area contributed by atoms with E-state index < -0.39 is 0 Å². The molecule has 2 aromatic rings. The molecule has 1 aliphatic heterocycles. The van der Waals surface area contributed by atoms with Gasteiger partial charge in [-0.3, -0.25) is 9.69 Å². The zero-order valence-corrected chi connectivity index (χ0v) is 21.4. The van der Waals surface area contributed by atoms with Crippen LogP contribution in [-0.4, -0.2) is 67.8 Å². The molecular formula is C27H40N4O2S. The average Bonchev–Trinajstić information content (AvgIpc) is 3.53. The fourth-order valence-electron chi connectivity index (χ4n) is 6.23. The van der Waals surface area contributed by atoms with Gasteiger partial charge in [0, 0.05) is 51.9 Å². The van der Waals surface area contributed by atoms with E-state index in [4.69, 9.17) is 9.72 Å². The van der Waals surface area contributed by atoms with Gasteiger partial charge in [0.05, 0.1) is 10.8 Å². The van der Waals surface area contributed by atoms with Crippen molar-refractivity contribution in [3.63, 3.8) is 0 Å². The first-order chi connectivity index (χ1) is 16.7. The lowest BCUT2D eigenvalue weighted by molar-refractivity contribution is -0.123. The number of anilines is 1. The van der Waals surface area contributed by atoms with Crippen LogP contribution in [0.25, 0.3) is 10.1 Å². The number of carbonyl (C=O) groups excluding carboxylic acids is 1. The monoisotopic (exact) mass is 484 g/mol. The summed E-state index contributed by atoms with van der Waals surface area (Å²) in [5.74, 6) is 2.75. The van der Waals surface area contributed by atoms with Gasteiger partial charge in [-0.1, -0.05) is 0 Å². The molecule has 0 radical (unpaired) electrons. The highest BCUT2D eigenvalue weighted by Gasteiger charge is 2.28. The Hall–Kier alpha value is -1.70. The number of hydrogen-bond donors (Lipinski definition) is 1. The number of rotatable bonds is 8. The molecule has 1 amide bonds. The number of pyridine rings is 1. The van der Waals surface area contributed by atoms with Crippen LogP contribution >= 0.6 is 11.3 Å². The Kier molecular flexibility index (Phi) is 8.02. The van der Waals surface area contributed by atoms with Crippen molar-refractivity contribution in [3.8, 4) is 0 Å². The van der Waals surface area contributed by atoms with Crippen LogP contribution in [0.2, 0.25) is 0 Å². The molecule has 6 nitrogen and oxygen atoms in total. The van der Waals surface area contributed by atoms with E-state index in [-0.39, 0.29) is 5.91 Å². The summed E-state index contributed by atoms with van der Waals surface area (Å²) in [5.41, 5.74) is 0. The molecule has 0 unspecified atom stereocenters. The van der Waals surface area contributed by atoms with Gasteiger partial charge in [0.1, 0.15) is 5.82 Å². The van der Waals surface area contributed by atoms with Crippen LogP contribution in [0, 0.1) is 11.8 Å². The van der Waals surface area contributed by atoms with Crippen molar-refractivity contribution >= 4 is 33.1 Å². The molecule has 5 rings (SSSR count). The standard InChI is InChI=1S/C27H40N4O2S/c1-33-24-7-4-21(18-24)19-25(32)29-23-5-2-20(3-6-23)9-12-30-13-15-31(16-14-30)27-26-22(8-11-28-27)10-17-34-26/h8,10-11,17,20-21,23-24H,2-7,9,12-16,18-19H2,1H3,(H,29,32)/t20?,21-,23?,24-/m0/s1. The molecule has 34 heavy (non-hydrogen) atoms. The van der Waals surface area contributed by atoms with Crippen LogP contribution in [0.1, 0.15) is 57.8 Å². The maximum atomic E-state index is 12.5. The molecule has 3 heterocycles. The first kappa shape index (κ1) is 24.0. The highest BCUT2D eigenvalue weighted by Crippen LogP contribution is 2.32. The van der Waals surface area contributed by atoms with Crippen molar-refractivity contribution in [3.05, 3.63) is 23.7 Å². The molecule has 0 spiro atoms. The van der Waals surface area contributed by atoms with Gasteiger partial charge in [-0.05, 0) is 92.6 Å². The SMILES string of the molecule is CO[C@H]1CC[C@H](CC(=O)NC2CCC(CCN3CCN(c4nccc5ccsc45)CC3)CC2)C1. The number of amides is 1. The second kappa shape index (κ2) is 11.4. The summed E-state index contributed by atoms with van der Waals surface area (Å²) < 4.78 is 6.77. The fourth-order valence-corrected chi connectivity index (χ4v) is 7.14. The molecule has 1 saturated heterocycles. The molecule has 0 aromatic carbocycles. The number of ether oxygens (including phenoxy) is 1. The van der Waals surface area contributed by atoms with Crippen molar-refractivity contribution in [2.45, 2.75) is 69.9 Å². The number of nitrogens with one attached hydrogen (secondary N) is 1. The molecule has 2 saturated carbocycles. The molecule has 2 aliphatic carbocycles. The van der Waals surface area contributed by atoms with Crippen molar-refractivity contribution in [1.82, 2.24) is 15.2 Å². The Labute approximate surface area is 208 Å². The van der Waals surface area contributed by atoms with Crippen molar-refractivity contribution in [2.75, 3.05) is 44.7 Å². The van der Waals surface area contributed by atoms with Crippen molar-refractivity contribution in [2.24, 2.45) is 11.8 Å². The van der Waals surface area contributed by atoms with Crippen molar-refractivity contribution < 1.29 is 9.53 Å². The highest BCUT2D eigenvalue weighted by molar-refractivity contribution is 7.17. The van der Waals surface area contributed by atoms with Gasteiger partial charge in [0.15, 0.2) is 0 Å². The molecular weight excluding hydrogens is 444 g/mol. The normalized spacial score (nSPS) is 28.4. The summed E-state index contributed by atoms with van der Waals surface area (Å²) in [6.45, 7) is 5.58. The smallest absolute Gasteiger partial charge is 0.220 e. The van der Waals surface area contributed by atoms with Crippen LogP contribution in [0.4, 0.5) is 5.82 Å². The topological polar surface area (TPSA) is 57.7 Å². The van der Waals surface area contributed by atoms with Gasteiger partial charge in [0.25, 0.3) is 0 Å². The summed E-state index contributed by atoms with van der Waals surface area (Å²) in [6.07, 6.45) is 12.4. The summed E-state index contributed by atoms with van der Waals surface area (Å²) >= 11 is 1.80. The second-order valence-corrected chi connectivity index (χ2v) is 11.5. The molecule has 2 atom stereocenters. The number of thiophene rings is 1. The van der Waals surface area contributed by atoms with Gasteiger partial charge in [-0.2, -0.15) is 0 Å². The average molecular weight is 485 g/mol. The zero-order chi connectivity index (χ0) is 23.3. The number of nitrogens with zero attached hydrogens (tertiary/aromatic N) is 3. The number of methoxy groups -OCH3 is 1. The van der Waals surface area contributed by atoms with Gasteiger partial charge < -0.3 is 15.0 Å². The molecule has 0 bridgehead atoms. The van der Waals surface area contributed by atoms with Gasteiger partial charge in [-0.25, -0.2) is 4.98 Å². The number of carbonyl (C=O) groups is 1.